The molecule has 1 aliphatic rings. The molecule has 0 amide bonds. The van der Waals surface area contributed by atoms with Gasteiger partial charge in [-0.15, -0.1) is 0 Å². The van der Waals surface area contributed by atoms with Crippen molar-refractivity contribution in [2.75, 3.05) is 7.11 Å². The van der Waals surface area contributed by atoms with Crippen molar-refractivity contribution in [3.05, 3.63) is 47.7 Å². The van der Waals surface area contributed by atoms with Gasteiger partial charge in [-0.05, 0) is 29.2 Å². The molecule has 0 saturated heterocycles. The first kappa shape index (κ1) is 11.0. The molecular weight excluding hydrogens is 226 g/mol. The van der Waals surface area contributed by atoms with Crippen LogP contribution in [0.25, 0.3) is 11.1 Å². The topological polar surface area (TPSA) is 39.2 Å². The number of benzene rings is 1. The maximum absolute atomic E-state index is 11.7. The van der Waals surface area contributed by atoms with Crippen LogP contribution >= 0.6 is 0 Å². The Labute approximate surface area is 105 Å². The molecule has 1 aliphatic carbocycles. The number of hydrogen-bond donors (Lipinski definition) is 0. The molecule has 0 saturated carbocycles. The van der Waals surface area contributed by atoms with Crippen LogP contribution in [0.2, 0.25) is 0 Å². The highest BCUT2D eigenvalue weighted by atomic mass is 16.5. The third-order valence-corrected chi connectivity index (χ3v) is 3.33. The Hall–Kier alpha value is -2.16. The fourth-order valence-corrected chi connectivity index (χ4v) is 2.45. The zero-order valence-corrected chi connectivity index (χ0v) is 10.1. The van der Waals surface area contributed by atoms with E-state index in [4.69, 9.17) is 4.74 Å². The summed E-state index contributed by atoms with van der Waals surface area (Å²) in [6.45, 7) is 0. The Morgan fingerprint density at radius 3 is 2.83 bits per heavy atom. The maximum Gasteiger partial charge on any atom is 0.213 e. The average molecular weight is 239 g/mol. The largest absolute Gasteiger partial charge is 0.481 e. The van der Waals surface area contributed by atoms with Crippen LogP contribution in [0.5, 0.6) is 5.88 Å². The minimum atomic E-state index is 0.243. The summed E-state index contributed by atoms with van der Waals surface area (Å²) in [5.41, 5.74) is 4.17. The molecular formula is C15H13NO2. The molecule has 0 unspecified atom stereocenters. The molecule has 1 aromatic heterocycles. The van der Waals surface area contributed by atoms with E-state index in [9.17, 15) is 4.79 Å². The van der Waals surface area contributed by atoms with Gasteiger partial charge in [-0.25, -0.2) is 4.98 Å². The van der Waals surface area contributed by atoms with Gasteiger partial charge in [0.2, 0.25) is 5.88 Å². The predicted molar refractivity (Wildman–Crippen MR) is 68.9 cm³/mol. The minimum absolute atomic E-state index is 0.243. The SMILES string of the molecule is COc1cc(-c2cccc3c2CCC3=O)ccn1. The zero-order valence-electron chi connectivity index (χ0n) is 10.1. The molecule has 0 aliphatic heterocycles. The Morgan fingerprint density at radius 2 is 2.00 bits per heavy atom. The first-order valence-corrected chi connectivity index (χ1v) is 5.95. The number of carbonyl (C=O) groups excluding carboxylic acids is 1. The van der Waals surface area contributed by atoms with Gasteiger partial charge in [0, 0.05) is 24.2 Å². The molecule has 1 heterocycles. The number of carbonyl (C=O) groups is 1. The van der Waals surface area contributed by atoms with Gasteiger partial charge in [0.1, 0.15) is 0 Å². The van der Waals surface area contributed by atoms with Crippen molar-refractivity contribution < 1.29 is 9.53 Å². The highest BCUT2D eigenvalue weighted by molar-refractivity contribution is 6.02. The molecule has 2 aromatic rings. The van der Waals surface area contributed by atoms with Crippen LogP contribution in [0.3, 0.4) is 0 Å². The van der Waals surface area contributed by atoms with Gasteiger partial charge in [0.05, 0.1) is 7.11 Å². The lowest BCUT2D eigenvalue weighted by atomic mass is 9.97. The highest BCUT2D eigenvalue weighted by Gasteiger charge is 2.22. The molecule has 0 atom stereocenters. The van der Waals surface area contributed by atoms with Crippen molar-refractivity contribution in [2.45, 2.75) is 12.8 Å². The van der Waals surface area contributed by atoms with Crippen molar-refractivity contribution >= 4 is 5.78 Å². The van der Waals surface area contributed by atoms with Crippen LogP contribution in [0, 0.1) is 0 Å². The Balaban J connectivity index is 2.15. The first-order valence-electron chi connectivity index (χ1n) is 5.95. The van der Waals surface area contributed by atoms with E-state index in [-0.39, 0.29) is 5.78 Å². The second kappa shape index (κ2) is 4.26. The molecule has 0 fully saturated rings. The molecule has 0 N–H and O–H groups in total. The van der Waals surface area contributed by atoms with Gasteiger partial charge in [-0.3, -0.25) is 4.79 Å². The minimum Gasteiger partial charge on any atom is -0.481 e. The van der Waals surface area contributed by atoms with Crippen LogP contribution < -0.4 is 4.74 Å². The Kier molecular flexibility index (Phi) is 2.59. The number of ketones is 1. The lowest BCUT2D eigenvalue weighted by Gasteiger charge is -2.08. The second-order valence-electron chi connectivity index (χ2n) is 4.34. The van der Waals surface area contributed by atoms with E-state index in [1.54, 1.807) is 13.3 Å². The quantitative estimate of drug-likeness (QED) is 0.808. The fourth-order valence-electron chi connectivity index (χ4n) is 2.45. The molecule has 3 heteroatoms. The van der Waals surface area contributed by atoms with E-state index in [0.717, 1.165) is 28.7 Å². The third kappa shape index (κ3) is 1.68. The number of ether oxygens (including phenoxy) is 1. The number of methoxy groups -OCH3 is 1. The van der Waals surface area contributed by atoms with Crippen molar-refractivity contribution in [3.63, 3.8) is 0 Å². The van der Waals surface area contributed by atoms with E-state index in [1.165, 1.54) is 0 Å². The smallest absolute Gasteiger partial charge is 0.213 e. The van der Waals surface area contributed by atoms with E-state index >= 15 is 0 Å². The van der Waals surface area contributed by atoms with E-state index in [1.807, 2.05) is 30.3 Å². The Morgan fingerprint density at radius 1 is 1.17 bits per heavy atom. The van der Waals surface area contributed by atoms with Crippen LogP contribution in [0.15, 0.2) is 36.5 Å². The lowest BCUT2D eigenvalue weighted by Crippen LogP contribution is -1.93. The summed E-state index contributed by atoms with van der Waals surface area (Å²) in [7, 11) is 1.60. The van der Waals surface area contributed by atoms with Gasteiger partial charge in [0.25, 0.3) is 0 Å². The maximum atomic E-state index is 11.7. The molecule has 1 aromatic carbocycles. The number of aromatic nitrogens is 1. The number of pyridine rings is 1. The molecule has 3 rings (SSSR count). The third-order valence-electron chi connectivity index (χ3n) is 3.33. The number of Topliss-reactive ketones (excluding diaryl/α,β-unsaturated/α-hetero) is 1. The number of rotatable bonds is 2. The standard InChI is InChI=1S/C15H13NO2/c1-18-15-9-10(7-8-16-15)11-3-2-4-13-12(11)5-6-14(13)17/h2-4,7-9H,5-6H2,1H3. The fraction of sp³-hybridized carbons (Fsp3) is 0.200. The summed E-state index contributed by atoms with van der Waals surface area (Å²) in [5.74, 6) is 0.835. The second-order valence-corrected chi connectivity index (χ2v) is 4.34. The first-order chi connectivity index (χ1) is 8.79. The van der Waals surface area contributed by atoms with E-state index in [0.29, 0.717) is 12.3 Å². The van der Waals surface area contributed by atoms with Gasteiger partial charge >= 0.3 is 0 Å². The monoisotopic (exact) mass is 239 g/mol. The zero-order chi connectivity index (χ0) is 12.5. The van der Waals surface area contributed by atoms with Crippen molar-refractivity contribution in [1.29, 1.82) is 0 Å². The molecule has 18 heavy (non-hydrogen) atoms. The van der Waals surface area contributed by atoms with E-state index < -0.39 is 0 Å². The van der Waals surface area contributed by atoms with Crippen LogP contribution in [-0.2, 0) is 6.42 Å². The highest BCUT2D eigenvalue weighted by Crippen LogP contribution is 2.33. The average Bonchev–Trinajstić information content (AvgIpc) is 2.81. The van der Waals surface area contributed by atoms with E-state index in [2.05, 4.69) is 4.98 Å². The predicted octanol–water partition coefficient (Wildman–Crippen LogP) is 2.89. The van der Waals surface area contributed by atoms with Crippen LogP contribution in [0.4, 0.5) is 0 Å². The summed E-state index contributed by atoms with van der Waals surface area (Å²) in [4.78, 5) is 15.8. The summed E-state index contributed by atoms with van der Waals surface area (Å²) in [6.07, 6.45) is 3.17. The van der Waals surface area contributed by atoms with Gasteiger partial charge in [0.15, 0.2) is 5.78 Å². The molecule has 3 nitrogen and oxygen atoms in total. The Bertz CT molecular complexity index is 620. The van der Waals surface area contributed by atoms with Crippen molar-refractivity contribution in [3.8, 4) is 17.0 Å². The summed E-state index contributed by atoms with van der Waals surface area (Å²) in [5, 5.41) is 0. The van der Waals surface area contributed by atoms with Gasteiger partial charge in [-0.2, -0.15) is 0 Å². The van der Waals surface area contributed by atoms with Gasteiger partial charge in [-0.1, -0.05) is 18.2 Å². The van der Waals surface area contributed by atoms with Crippen molar-refractivity contribution in [2.24, 2.45) is 0 Å². The molecule has 0 spiro atoms. The number of fused-ring (bicyclic) bond motifs is 1. The van der Waals surface area contributed by atoms with Crippen LogP contribution in [0.1, 0.15) is 22.3 Å². The summed E-state index contributed by atoms with van der Waals surface area (Å²) in [6, 6.07) is 9.74. The summed E-state index contributed by atoms with van der Waals surface area (Å²) >= 11 is 0. The molecule has 0 radical (unpaired) electrons. The number of nitrogens with zero attached hydrogens (tertiary/aromatic N) is 1. The lowest BCUT2D eigenvalue weighted by molar-refractivity contribution is 0.0994. The molecule has 90 valence electrons. The summed E-state index contributed by atoms with van der Waals surface area (Å²) < 4.78 is 5.14. The van der Waals surface area contributed by atoms with Crippen LogP contribution in [-0.4, -0.2) is 17.9 Å². The van der Waals surface area contributed by atoms with Crippen molar-refractivity contribution in [1.82, 2.24) is 4.98 Å². The molecule has 0 bridgehead atoms. The van der Waals surface area contributed by atoms with Gasteiger partial charge < -0.3 is 4.74 Å². The normalized spacial score (nSPS) is 13.5. The number of hydrogen-bond acceptors (Lipinski definition) is 3.